The number of anilines is 1. The van der Waals surface area contributed by atoms with Crippen LogP contribution in [0.25, 0.3) is 11.4 Å². The Kier molecular flexibility index (Phi) is 8.82. The quantitative estimate of drug-likeness (QED) is 0.227. The highest BCUT2D eigenvalue weighted by atomic mass is 32.2. The van der Waals surface area contributed by atoms with E-state index in [0.29, 0.717) is 33.8 Å². The molecule has 10 heteroatoms. The summed E-state index contributed by atoms with van der Waals surface area (Å²) in [6.07, 6.45) is 7.97. The minimum absolute atomic E-state index is 0.115. The van der Waals surface area contributed by atoms with Gasteiger partial charge in [-0.05, 0) is 43.4 Å². The van der Waals surface area contributed by atoms with Gasteiger partial charge in [0.1, 0.15) is 10.8 Å². The van der Waals surface area contributed by atoms with Crippen LogP contribution in [0.4, 0.5) is 5.00 Å². The maximum absolute atomic E-state index is 13.0. The SMILES string of the molecule is C=CCn1c(SCC(=O)Nc2sc3c(c2C(=O)OC)CCCCCC3)nnc1-c1ccccc1OC. The number of thiophene rings is 1. The first-order chi connectivity index (χ1) is 17.6. The van der Waals surface area contributed by atoms with Gasteiger partial charge in [0.15, 0.2) is 11.0 Å². The van der Waals surface area contributed by atoms with Gasteiger partial charge in [-0.1, -0.05) is 42.8 Å². The van der Waals surface area contributed by atoms with Crippen LogP contribution in [-0.2, 0) is 28.9 Å². The van der Waals surface area contributed by atoms with E-state index in [-0.39, 0.29) is 11.7 Å². The molecule has 0 unspecified atom stereocenters. The summed E-state index contributed by atoms with van der Waals surface area (Å²) in [6, 6.07) is 7.59. The Hall–Kier alpha value is -3.11. The lowest BCUT2D eigenvalue weighted by Crippen LogP contribution is -2.17. The number of esters is 1. The molecule has 1 aliphatic rings. The summed E-state index contributed by atoms with van der Waals surface area (Å²) >= 11 is 2.77. The third kappa shape index (κ3) is 5.65. The van der Waals surface area contributed by atoms with Gasteiger partial charge in [0, 0.05) is 11.4 Å². The molecule has 3 aromatic rings. The normalized spacial score (nSPS) is 13.3. The number of amides is 1. The zero-order chi connectivity index (χ0) is 25.5. The molecule has 1 aromatic carbocycles. The van der Waals surface area contributed by atoms with Gasteiger partial charge in [-0.2, -0.15) is 0 Å². The summed E-state index contributed by atoms with van der Waals surface area (Å²) in [7, 11) is 2.99. The van der Waals surface area contributed by atoms with E-state index < -0.39 is 5.97 Å². The van der Waals surface area contributed by atoms with Crippen molar-refractivity contribution >= 4 is 40.0 Å². The molecule has 0 atom stereocenters. The highest BCUT2D eigenvalue weighted by Gasteiger charge is 2.26. The van der Waals surface area contributed by atoms with Crippen molar-refractivity contribution in [3.63, 3.8) is 0 Å². The number of benzene rings is 1. The summed E-state index contributed by atoms with van der Waals surface area (Å²) in [5.74, 6) is 0.827. The number of thioether (sulfide) groups is 1. The van der Waals surface area contributed by atoms with E-state index in [2.05, 4.69) is 22.1 Å². The lowest BCUT2D eigenvalue weighted by molar-refractivity contribution is -0.113. The number of fused-ring (bicyclic) bond motifs is 1. The van der Waals surface area contributed by atoms with Crippen LogP contribution in [0.5, 0.6) is 5.75 Å². The Morgan fingerprint density at radius 1 is 1.17 bits per heavy atom. The number of carbonyl (C=O) groups is 2. The van der Waals surface area contributed by atoms with Crippen LogP contribution in [0.15, 0.2) is 42.1 Å². The number of allylic oxidation sites excluding steroid dienone is 1. The van der Waals surface area contributed by atoms with E-state index in [9.17, 15) is 9.59 Å². The van der Waals surface area contributed by atoms with Crippen molar-refractivity contribution in [3.05, 3.63) is 52.9 Å². The van der Waals surface area contributed by atoms with Crippen molar-refractivity contribution in [2.45, 2.75) is 50.2 Å². The molecule has 0 saturated carbocycles. The van der Waals surface area contributed by atoms with Gasteiger partial charge in [0.2, 0.25) is 5.91 Å². The van der Waals surface area contributed by atoms with Crippen molar-refractivity contribution in [2.75, 3.05) is 25.3 Å². The second-order valence-electron chi connectivity index (χ2n) is 8.36. The van der Waals surface area contributed by atoms with Gasteiger partial charge < -0.3 is 14.8 Å². The van der Waals surface area contributed by atoms with Crippen molar-refractivity contribution in [2.24, 2.45) is 0 Å². The molecular formula is C26H30N4O4S2. The smallest absolute Gasteiger partial charge is 0.341 e. The van der Waals surface area contributed by atoms with Crippen LogP contribution in [0.2, 0.25) is 0 Å². The first kappa shape index (κ1) is 26.0. The molecule has 1 amide bonds. The van der Waals surface area contributed by atoms with Crippen molar-refractivity contribution in [3.8, 4) is 17.1 Å². The number of aryl methyl sites for hydroxylation is 1. The van der Waals surface area contributed by atoms with Gasteiger partial charge in [-0.3, -0.25) is 9.36 Å². The highest BCUT2D eigenvalue weighted by molar-refractivity contribution is 7.99. The molecule has 2 heterocycles. The number of methoxy groups -OCH3 is 2. The minimum atomic E-state index is -0.400. The Balaban J connectivity index is 1.53. The van der Waals surface area contributed by atoms with Crippen molar-refractivity contribution in [1.29, 1.82) is 0 Å². The molecule has 0 spiro atoms. The Morgan fingerprint density at radius 3 is 2.69 bits per heavy atom. The Labute approximate surface area is 219 Å². The number of rotatable bonds is 9. The van der Waals surface area contributed by atoms with Crippen molar-refractivity contribution in [1.82, 2.24) is 14.8 Å². The maximum Gasteiger partial charge on any atom is 0.341 e. The molecule has 0 saturated heterocycles. The molecule has 0 aliphatic heterocycles. The first-order valence-corrected chi connectivity index (χ1v) is 13.7. The molecule has 8 nitrogen and oxygen atoms in total. The second kappa shape index (κ2) is 12.2. The van der Waals surface area contributed by atoms with Gasteiger partial charge in [0.05, 0.1) is 31.1 Å². The van der Waals surface area contributed by atoms with Gasteiger partial charge in [0.25, 0.3) is 0 Å². The molecule has 0 radical (unpaired) electrons. The molecule has 0 fully saturated rings. The fourth-order valence-electron chi connectivity index (χ4n) is 4.34. The Bertz CT molecular complexity index is 1250. The van der Waals surface area contributed by atoms with E-state index in [1.54, 1.807) is 13.2 Å². The molecule has 4 rings (SSSR count). The summed E-state index contributed by atoms with van der Waals surface area (Å²) in [5.41, 5.74) is 2.34. The van der Waals surface area contributed by atoms with E-state index in [0.717, 1.165) is 43.2 Å². The average molecular weight is 527 g/mol. The lowest BCUT2D eigenvalue weighted by Gasteiger charge is -2.11. The Morgan fingerprint density at radius 2 is 1.94 bits per heavy atom. The zero-order valence-electron chi connectivity index (χ0n) is 20.5. The van der Waals surface area contributed by atoms with E-state index in [1.807, 2.05) is 28.8 Å². The summed E-state index contributed by atoms with van der Waals surface area (Å²) in [6.45, 7) is 4.33. The van der Waals surface area contributed by atoms with Gasteiger partial charge in [-0.25, -0.2) is 4.79 Å². The lowest BCUT2D eigenvalue weighted by atomic mass is 9.96. The topological polar surface area (TPSA) is 95.3 Å². The summed E-state index contributed by atoms with van der Waals surface area (Å²) in [4.78, 5) is 26.8. The predicted molar refractivity (Wildman–Crippen MR) is 143 cm³/mol. The van der Waals surface area contributed by atoms with E-state index in [4.69, 9.17) is 9.47 Å². The number of hydrogen-bond acceptors (Lipinski definition) is 8. The monoisotopic (exact) mass is 526 g/mol. The number of nitrogens with one attached hydrogen (secondary N) is 1. The molecule has 190 valence electrons. The van der Waals surface area contributed by atoms with Crippen LogP contribution in [0, 0.1) is 0 Å². The second-order valence-corrected chi connectivity index (χ2v) is 10.4. The van der Waals surface area contributed by atoms with Gasteiger partial charge >= 0.3 is 5.97 Å². The predicted octanol–water partition coefficient (Wildman–Crippen LogP) is 5.38. The number of ether oxygens (including phenoxy) is 2. The van der Waals surface area contributed by atoms with Crippen LogP contribution in [0.1, 0.15) is 46.5 Å². The van der Waals surface area contributed by atoms with Crippen molar-refractivity contribution < 1.29 is 19.1 Å². The van der Waals surface area contributed by atoms with Crippen LogP contribution in [-0.4, -0.2) is 46.6 Å². The van der Waals surface area contributed by atoms with Gasteiger partial charge in [-0.15, -0.1) is 28.1 Å². The standard InChI is InChI=1S/C26H30N4O4S2/c1-4-15-30-23(17-11-9-10-13-19(17)33-2)28-29-26(30)35-16-21(31)27-24-22(25(32)34-3)18-12-7-5-6-8-14-20(18)36-24/h4,9-11,13H,1,5-8,12,14-16H2,2-3H3,(H,27,31). The number of para-hydroxylation sites is 1. The van der Waals surface area contributed by atoms with Crippen LogP contribution < -0.4 is 10.1 Å². The fraction of sp³-hybridized carbons (Fsp3) is 0.385. The van der Waals surface area contributed by atoms with Crippen LogP contribution >= 0.6 is 23.1 Å². The number of carbonyl (C=O) groups excluding carboxylic acids is 2. The van der Waals surface area contributed by atoms with E-state index in [1.165, 1.54) is 41.5 Å². The molecule has 1 N–H and O–H groups in total. The fourth-order valence-corrected chi connectivity index (χ4v) is 6.38. The van der Waals surface area contributed by atoms with E-state index >= 15 is 0 Å². The third-order valence-corrected chi connectivity index (χ3v) is 8.20. The third-order valence-electron chi connectivity index (χ3n) is 6.02. The molecule has 1 aliphatic carbocycles. The van der Waals surface area contributed by atoms with Crippen LogP contribution in [0.3, 0.4) is 0 Å². The molecule has 0 bridgehead atoms. The largest absolute Gasteiger partial charge is 0.496 e. The number of nitrogens with zero attached hydrogens (tertiary/aromatic N) is 3. The summed E-state index contributed by atoms with van der Waals surface area (Å²) in [5, 5.41) is 12.8. The summed E-state index contributed by atoms with van der Waals surface area (Å²) < 4.78 is 12.4. The molecular weight excluding hydrogens is 496 g/mol. The minimum Gasteiger partial charge on any atom is -0.496 e. The highest BCUT2D eigenvalue weighted by Crippen LogP contribution is 2.38. The maximum atomic E-state index is 13.0. The average Bonchev–Trinajstić information content (AvgIpc) is 3.42. The molecule has 36 heavy (non-hydrogen) atoms. The first-order valence-electron chi connectivity index (χ1n) is 11.9. The zero-order valence-corrected chi connectivity index (χ0v) is 22.2. The number of aromatic nitrogens is 3. The number of hydrogen-bond donors (Lipinski definition) is 1. The molecule has 2 aromatic heterocycles.